The molecule has 0 atom stereocenters. The Balaban J connectivity index is 3.01. The summed E-state index contributed by atoms with van der Waals surface area (Å²) >= 11 is 0. The molecule has 0 amide bonds. The zero-order chi connectivity index (χ0) is 10.5. The summed E-state index contributed by atoms with van der Waals surface area (Å²) in [5, 5.41) is -0.779. The van der Waals surface area contributed by atoms with Crippen LogP contribution in [0, 0.1) is 35.3 Å². The molecule has 1 radical (unpaired) electrons. The van der Waals surface area contributed by atoms with Crippen molar-refractivity contribution < 1.29 is 22.0 Å². The molecule has 2 rings (SSSR count). The van der Waals surface area contributed by atoms with E-state index in [4.69, 9.17) is 0 Å². The average Bonchev–Trinajstić information content (AvgIpc) is 2.54. The molecule has 6 heteroatoms. The number of hydrogen-bond acceptors (Lipinski definition) is 0. The highest BCUT2D eigenvalue weighted by molar-refractivity contribution is 5.80. The van der Waals surface area contributed by atoms with Gasteiger partial charge in [-0.15, -0.1) is 0 Å². The maximum Gasteiger partial charge on any atom is 0.200 e. The Morgan fingerprint density at radius 2 is 1.36 bits per heavy atom. The lowest BCUT2D eigenvalue weighted by atomic mass is 10.2. The monoisotopic (exact) mass is 206 g/mol. The Kier molecular flexibility index (Phi) is 1.73. The second-order valence-corrected chi connectivity index (χ2v) is 2.57. The van der Waals surface area contributed by atoms with Gasteiger partial charge in [-0.05, 0) is 0 Å². The van der Waals surface area contributed by atoms with Gasteiger partial charge in [0.15, 0.2) is 29.2 Å². The van der Waals surface area contributed by atoms with E-state index in [0.29, 0.717) is 0 Å². The van der Waals surface area contributed by atoms with Crippen molar-refractivity contribution in [1.82, 2.24) is 4.98 Å². The lowest BCUT2D eigenvalue weighted by Crippen LogP contribution is -1.96. The predicted octanol–water partition coefficient (Wildman–Crippen LogP) is 2.66. The molecule has 0 unspecified atom stereocenters. The van der Waals surface area contributed by atoms with Crippen molar-refractivity contribution in [3.63, 3.8) is 0 Å². The molecule has 1 nitrogen and oxygen atoms in total. The van der Waals surface area contributed by atoms with Crippen molar-refractivity contribution in [1.29, 1.82) is 0 Å². The minimum atomic E-state index is -1.98. The second kappa shape index (κ2) is 2.70. The summed E-state index contributed by atoms with van der Waals surface area (Å²) in [5.74, 6) is -8.49. The third kappa shape index (κ3) is 0.997. The summed E-state index contributed by atoms with van der Waals surface area (Å²) in [4.78, 5) is 1.69. The van der Waals surface area contributed by atoms with Crippen LogP contribution in [0.1, 0.15) is 0 Å². The zero-order valence-corrected chi connectivity index (χ0v) is 6.39. The van der Waals surface area contributed by atoms with Gasteiger partial charge in [0.05, 0.1) is 17.0 Å². The van der Waals surface area contributed by atoms with E-state index in [1.165, 1.54) is 0 Å². The quantitative estimate of drug-likeness (QED) is 0.387. The normalized spacial score (nSPS) is 11.2. The molecule has 14 heavy (non-hydrogen) atoms. The minimum Gasteiger partial charge on any atom is -0.328 e. The van der Waals surface area contributed by atoms with Crippen LogP contribution in [0.15, 0.2) is 0 Å². The first-order chi connectivity index (χ1) is 6.52. The summed E-state index contributed by atoms with van der Waals surface area (Å²) in [6, 6.07) is 1.69. The van der Waals surface area contributed by atoms with Crippen molar-refractivity contribution in [3.05, 3.63) is 35.3 Å². The highest BCUT2D eigenvalue weighted by atomic mass is 19.2. The summed E-state index contributed by atoms with van der Waals surface area (Å²) in [6.45, 7) is 0. The van der Waals surface area contributed by atoms with Crippen LogP contribution in [-0.4, -0.2) is 4.98 Å². The SMILES string of the molecule is Fc1[c]c2c(F)c(F)c(F)c(F)c2[nH]1. The Labute approximate surface area is 74.1 Å². The number of benzene rings is 1. The Bertz CT molecular complexity index is 471. The fourth-order valence-corrected chi connectivity index (χ4v) is 1.12. The minimum absolute atomic E-state index is 0.779. The van der Waals surface area contributed by atoms with Gasteiger partial charge in [-0.1, -0.05) is 0 Å². The highest BCUT2D eigenvalue weighted by Gasteiger charge is 2.22. The van der Waals surface area contributed by atoms with E-state index < -0.39 is 40.1 Å². The molecule has 0 spiro atoms. The molecule has 1 N–H and O–H groups in total. The summed E-state index contributed by atoms with van der Waals surface area (Å²) in [6.07, 6.45) is 0. The van der Waals surface area contributed by atoms with Crippen LogP contribution in [0.3, 0.4) is 0 Å². The molecule has 0 aliphatic carbocycles. The van der Waals surface area contributed by atoms with E-state index in [-0.39, 0.29) is 0 Å². The molecule has 0 saturated carbocycles. The Morgan fingerprint density at radius 3 is 2.00 bits per heavy atom. The van der Waals surface area contributed by atoms with Crippen LogP contribution in [0.4, 0.5) is 22.0 Å². The number of hydrogen-bond donors (Lipinski definition) is 1. The van der Waals surface area contributed by atoms with E-state index in [9.17, 15) is 22.0 Å². The van der Waals surface area contributed by atoms with Crippen LogP contribution >= 0.6 is 0 Å². The van der Waals surface area contributed by atoms with E-state index >= 15 is 0 Å². The molecule has 0 aliphatic heterocycles. The van der Waals surface area contributed by atoms with Gasteiger partial charge in [-0.2, -0.15) is 4.39 Å². The van der Waals surface area contributed by atoms with Crippen molar-refractivity contribution in [2.45, 2.75) is 0 Å². The molecule has 0 fully saturated rings. The van der Waals surface area contributed by atoms with Crippen LogP contribution < -0.4 is 0 Å². The molecule has 73 valence electrons. The van der Waals surface area contributed by atoms with Crippen molar-refractivity contribution in [2.24, 2.45) is 0 Å². The molecule has 0 bridgehead atoms. The first kappa shape index (κ1) is 8.98. The van der Waals surface area contributed by atoms with Crippen molar-refractivity contribution >= 4 is 10.9 Å². The lowest BCUT2D eigenvalue weighted by molar-refractivity contribution is 0.417. The third-order valence-corrected chi connectivity index (χ3v) is 1.74. The number of rotatable bonds is 0. The number of H-pyrrole nitrogens is 1. The number of aromatic amines is 1. The second-order valence-electron chi connectivity index (χ2n) is 2.57. The Morgan fingerprint density at radius 1 is 0.786 bits per heavy atom. The molecule has 1 aromatic heterocycles. The molecule has 1 aromatic carbocycles. The molecular formula is C8HF5N. The van der Waals surface area contributed by atoms with Gasteiger partial charge in [0, 0.05) is 0 Å². The fraction of sp³-hybridized carbons (Fsp3) is 0. The van der Waals surface area contributed by atoms with Gasteiger partial charge in [-0.25, -0.2) is 17.6 Å². The molecule has 0 saturated heterocycles. The summed E-state index contributed by atoms with van der Waals surface area (Å²) in [7, 11) is 0. The maximum absolute atomic E-state index is 12.9. The van der Waals surface area contributed by atoms with E-state index in [1.54, 1.807) is 11.1 Å². The predicted molar refractivity (Wildman–Crippen MR) is 36.9 cm³/mol. The standard InChI is InChI=1S/C8HF5N/c9-3-1-2-4(10)5(11)6(12)7(13)8(2)14-3/h14H. The first-order valence-electron chi connectivity index (χ1n) is 3.44. The van der Waals surface area contributed by atoms with Gasteiger partial charge in [0.2, 0.25) is 0 Å². The lowest BCUT2D eigenvalue weighted by Gasteiger charge is -1.98. The van der Waals surface area contributed by atoms with Crippen LogP contribution in [0.2, 0.25) is 0 Å². The molecule has 2 aromatic rings. The molecule has 0 aliphatic rings. The number of nitrogens with one attached hydrogen (secondary N) is 1. The van der Waals surface area contributed by atoms with Crippen molar-refractivity contribution in [2.75, 3.05) is 0 Å². The first-order valence-corrected chi connectivity index (χ1v) is 3.44. The molecule has 1 heterocycles. The highest BCUT2D eigenvalue weighted by Crippen LogP contribution is 2.26. The topological polar surface area (TPSA) is 15.8 Å². The average molecular weight is 206 g/mol. The van der Waals surface area contributed by atoms with Crippen molar-refractivity contribution in [3.8, 4) is 0 Å². The summed E-state index contributed by atoms with van der Waals surface area (Å²) in [5.41, 5.74) is -0.779. The van der Waals surface area contributed by atoms with Gasteiger partial charge in [0.1, 0.15) is 0 Å². The van der Waals surface area contributed by atoms with Gasteiger partial charge >= 0.3 is 0 Å². The van der Waals surface area contributed by atoms with Gasteiger partial charge < -0.3 is 4.98 Å². The maximum atomic E-state index is 12.9. The number of halogens is 5. The van der Waals surface area contributed by atoms with Gasteiger partial charge in [0.25, 0.3) is 0 Å². The third-order valence-electron chi connectivity index (χ3n) is 1.74. The van der Waals surface area contributed by atoms with Crippen LogP contribution in [-0.2, 0) is 0 Å². The van der Waals surface area contributed by atoms with Gasteiger partial charge in [-0.3, -0.25) is 0 Å². The van der Waals surface area contributed by atoms with Crippen LogP contribution in [0.5, 0.6) is 0 Å². The fourth-order valence-electron chi connectivity index (χ4n) is 1.12. The van der Waals surface area contributed by atoms with E-state index in [1.807, 2.05) is 0 Å². The smallest absolute Gasteiger partial charge is 0.200 e. The largest absolute Gasteiger partial charge is 0.328 e. The zero-order valence-electron chi connectivity index (χ0n) is 6.39. The summed E-state index contributed by atoms with van der Waals surface area (Å²) < 4.78 is 63.3. The van der Waals surface area contributed by atoms with E-state index in [2.05, 4.69) is 0 Å². The van der Waals surface area contributed by atoms with E-state index in [0.717, 1.165) is 0 Å². The number of aromatic nitrogens is 1. The Hall–Kier alpha value is -1.59. The number of fused-ring (bicyclic) bond motifs is 1. The van der Waals surface area contributed by atoms with Crippen LogP contribution in [0.25, 0.3) is 10.9 Å². The molecular weight excluding hydrogens is 205 g/mol.